The first kappa shape index (κ1) is 18.1. The quantitative estimate of drug-likeness (QED) is 0.575. The summed E-state index contributed by atoms with van der Waals surface area (Å²) in [6.07, 6.45) is 8.18. The molecule has 6 heteroatoms. The third-order valence-corrected chi connectivity index (χ3v) is 5.28. The van der Waals surface area contributed by atoms with Gasteiger partial charge in [0.2, 0.25) is 11.8 Å². The Kier molecular flexibility index (Phi) is 5.08. The normalized spacial score (nSPS) is 22.9. The van der Waals surface area contributed by atoms with Gasteiger partial charge in [0, 0.05) is 39.4 Å². The zero-order chi connectivity index (χ0) is 18.6. The number of hydrogen-bond acceptors (Lipinski definition) is 4. The number of nitrogens with zero attached hydrogens (tertiary/aromatic N) is 3. The van der Waals surface area contributed by atoms with Crippen LogP contribution in [-0.2, 0) is 16.0 Å². The van der Waals surface area contributed by atoms with Crippen molar-refractivity contribution < 1.29 is 9.59 Å². The second-order valence-corrected chi connectivity index (χ2v) is 7.11. The molecular formula is C20H24N4O2. The predicted octanol–water partition coefficient (Wildman–Crippen LogP) is 2.16. The van der Waals surface area contributed by atoms with E-state index >= 15 is 0 Å². The highest BCUT2D eigenvalue weighted by Gasteiger charge is 2.51. The minimum atomic E-state index is -1.03. The van der Waals surface area contributed by atoms with Crippen LogP contribution in [-0.4, -0.2) is 42.5 Å². The molecule has 1 aromatic carbocycles. The number of terminal acetylenes is 1. The van der Waals surface area contributed by atoms with Gasteiger partial charge in [0.15, 0.2) is 5.66 Å². The van der Waals surface area contributed by atoms with Crippen LogP contribution in [0.1, 0.15) is 31.2 Å². The molecular weight excluding hydrogens is 328 g/mol. The van der Waals surface area contributed by atoms with E-state index in [0.29, 0.717) is 45.2 Å². The van der Waals surface area contributed by atoms with E-state index in [1.54, 1.807) is 11.9 Å². The third kappa shape index (κ3) is 3.62. The number of carbonyl (C=O) groups is 2. The standard InChI is InChI=1S/C20H24N4O2/c1-3-4-10-20(22-23-20)11-13-21-17(25)19(12-14-24(2)18(19)26)15-16-8-6-5-7-9-16/h1,5-9H,4,10-15H2,2H3,(H,21,25). The summed E-state index contributed by atoms with van der Waals surface area (Å²) < 4.78 is 0. The number of rotatable bonds is 8. The first-order valence-corrected chi connectivity index (χ1v) is 8.97. The number of carbonyl (C=O) groups excluding carboxylic acids is 2. The topological polar surface area (TPSA) is 74.1 Å². The summed E-state index contributed by atoms with van der Waals surface area (Å²) in [7, 11) is 1.75. The van der Waals surface area contributed by atoms with Crippen LogP contribution >= 0.6 is 0 Å². The molecule has 2 heterocycles. The van der Waals surface area contributed by atoms with E-state index in [1.807, 2.05) is 30.3 Å². The summed E-state index contributed by atoms with van der Waals surface area (Å²) in [6.45, 7) is 1.03. The Balaban J connectivity index is 1.65. The molecule has 6 nitrogen and oxygen atoms in total. The van der Waals surface area contributed by atoms with Crippen molar-refractivity contribution in [3.05, 3.63) is 35.9 Å². The molecule has 1 aromatic rings. The molecule has 3 rings (SSSR count). The Morgan fingerprint density at radius 2 is 2.04 bits per heavy atom. The molecule has 0 bridgehead atoms. The fraction of sp³-hybridized carbons (Fsp3) is 0.500. The van der Waals surface area contributed by atoms with Crippen molar-refractivity contribution in [3.63, 3.8) is 0 Å². The highest BCUT2D eigenvalue weighted by Crippen LogP contribution is 2.37. The van der Waals surface area contributed by atoms with E-state index in [4.69, 9.17) is 6.42 Å². The molecule has 0 aliphatic carbocycles. The summed E-state index contributed by atoms with van der Waals surface area (Å²) in [4.78, 5) is 27.4. The van der Waals surface area contributed by atoms with E-state index < -0.39 is 11.1 Å². The number of hydrogen-bond donors (Lipinski definition) is 1. The molecule has 1 N–H and O–H groups in total. The fourth-order valence-corrected chi connectivity index (χ4v) is 3.55. The fourth-order valence-electron chi connectivity index (χ4n) is 3.55. The van der Waals surface area contributed by atoms with Crippen LogP contribution in [0.2, 0.25) is 0 Å². The summed E-state index contributed by atoms with van der Waals surface area (Å²) in [5.74, 6) is 2.28. The lowest BCUT2D eigenvalue weighted by Gasteiger charge is -2.26. The molecule has 1 unspecified atom stereocenters. The van der Waals surface area contributed by atoms with Crippen molar-refractivity contribution in [2.24, 2.45) is 15.6 Å². The number of likely N-dealkylation sites (tertiary alicyclic amines) is 1. The maximum absolute atomic E-state index is 13.0. The molecule has 1 saturated heterocycles. The monoisotopic (exact) mass is 352 g/mol. The van der Waals surface area contributed by atoms with Crippen LogP contribution in [0.4, 0.5) is 0 Å². The lowest BCUT2D eigenvalue weighted by atomic mass is 9.79. The Morgan fingerprint density at radius 3 is 2.62 bits per heavy atom. The number of benzene rings is 1. The SMILES string of the molecule is C#CCCC1(CCNC(=O)C2(Cc3ccccc3)CCN(C)C2=O)N=N1. The Bertz CT molecular complexity index is 747. The van der Waals surface area contributed by atoms with Gasteiger partial charge in [-0.05, 0) is 18.4 Å². The van der Waals surface area contributed by atoms with E-state index in [2.05, 4.69) is 21.5 Å². The van der Waals surface area contributed by atoms with Gasteiger partial charge in [-0.3, -0.25) is 9.59 Å². The zero-order valence-corrected chi connectivity index (χ0v) is 15.1. The molecule has 136 valence electrons. The maximum atomic E-state index is 13.0. The van der Waals surface area contributed by atoms with Crippen molar-refractivity contribution in [2.75, 3.05) is 20.1 Å². The van der Waals surface area contributed by atoms with Gasteiger partial charge >= 0.3 is 0 Å². The van der Waals surface area contributed by atoms with Gasteiger partial charge in [-0.15, -0.1) is 12.3 Å². The first-order chi connectivity index (χ1) is 12.5. The highest BCUT2D eigenvalue weighted by atomic mass is 16.2. The Labute approximate surface area is 154 Å². The second-order valence-electron chi connectivity index (χ2n) is 7.11. The largest absolute Gasteiger partial charge is 0.355 e. The average molecular weight is 352 g/mol. The first-order valence-electron chi connectivity index (χ1n) is 8.97. The molecule has 2 amide bonds. The van der Waals surface area contributed by atoms with Gasteiger partial charge in [0.05, 0.1) is 0 Å². The predicted molar refractivity (Wildman–Crippen MR) is 98.1 cm³/mol. The van der Waals surface area contributed by atoms with Gasteiger partial charge in [0.1, 0.15) is 5.41 Å². The zero-order valence-electron chi connectivity index (χ0n) is 15.1. The van der Waals surface area contributed by atoms with Gasteiger partial charge in [-0.2, -0.15) is 10.2 Å². The van der Waals surface area contributed by atoms with Crippen LogP contribution in [0.3, 0.4) is 0 Å². The van der Waals surface area contributed by atoms with Crippen molar-refractivity contribution in [1.82, 2.24) is 10.2 Å². The summed E-state index contributed by atoms with van der Waals surface area (Å²) in [6, 6.07) is 9.69. The average Bonchev–Trinajstić information content (AvgIpc) is 3.37. The van der Waals surface area contributed by atoms with E-state index in [9.17, 15) is 9.59 Å². The van der Waals surface area contributed by atoms with Crippen molar-refractivity contribution in [1.29, 1.82) is 0 Å². The lowest BCUT2D eigenvalue weighted by molar-refractivity contribution is -0.144. The van der Waals surface area contributed by atoms with Crippen molar-refractivity contribution in [2.45, 2.75) is 37.8 Å². The van der Waals surface area contributed by atoms with E-state index in [1.165, 1.54) is 0 Å². The minimum absolute atomic E-state index is 0.110. The molecule has 26 heavy (non-hydrogen) atoms. The maximum Gasteiger partial charge on any atom is 0.238 e. The lowest BCUT2D eigenvalue weighted by Crippen LogP contribution is -2.48. The summed E-state index contributed by atoms with van der Waals surface area (Å²) >= 11 is 0. The molecule has 2 aliphatic rings. The second kappa shape index (κ2) is 7.28. The van der Waals surface area contributed by atoms with Crippen LogP contribution in [0.15, 0.2) is 40.6 Å². The van der Waals surface area contributed by atoms with Crippen LogP contribution in [0.5, 0.6) is 0 Å². The molecule has 2 aliphatic heterocycles. The molecule has 0 radical (unpaired) electrons. The molecule has 1 fully saturated rings. The highest BCUT2D eigenvalue weighted by molar-refractivity contribution is 6.06. The molecule has 1 atom stereocenters. The summed E-state index contributed by atoms with van der Waals surface area (Å²) in [5, 5.41) is 11.1. The summed E-state index contributed by atoms with van der Waals surface area (Å²) in [5.41, 5.74) is -0.466. The third-order valence-electron chi connectivity index (χ3n) is 5.28. The van der Waals surface area contributed by atoms with E-state index in [0.717, 1.165) is 5.56 Å². The smallest absolute Gasteiger partial charge is 0.238 e. The number of nitrogens with one attached hydrogen (secondary N) is 1. The Morgan fingerprint density at radius 1 is 1.31 bits per heavy atom. The molecule has 0 saturated carbocycles. The van der Waals surface area contributed by atoms with Crippen molar-refractivity contribution >= 4 is 11.8 Å². The van der Waals surface area contributed by atoms with Crippen LogP contribution in [0, 0.1) is 17.8 Å². The molecule has 0 spiro atoms. The van der Waals surface area contributed by atoms with Gasteiger partial charge in [-0.1, -0.05) is 30.3 Å². The van der Waals surface area contributed by atoms with Gasteiger partial charge < -0.3 is 10.2 Å². The van der Waals surface area contributed by atoms with Crippen LogP contribution in [0.25, 0.3) is 0 Å². The Hall–Kier alpha value is -2.68. The van der Waals surface area contributed by atoms with E-state index in [-0.39, 0.29) is 11.8 Å². The number of amides is 2. The minimum Gasteiger partial charge on any atom is -0.355 e. The van der Waals surface area contributed by atoms with Gasteiger partial charge in [-0.25, -0.2) is 0 Å². The molecule has 0 aromatic heterocycles. The van der Waals surface area contributed by atoms with Gasteiger partial charge in [0.25, 0.3) is 0 Å². The van der Waals surface area contributed by atoms with Crippen LogP contribution < -0.4 is 5.32 Å². The van der Waals surface area contributed by atoms with Crippen molar-refractivity contribution in [3.8, 4) is 12.3 Å².